The Hall–Kier alpha value is -2.78. The zero-order chi connectivity index (χ0) is 16.7. The molecule has 0 aliphatic carbocycles. The summed E-state index contributed by atoms with van der Waals surface area (Å²) in [6.45, 7) is 1.94. The molecule has 0 atom stereocenters. The smallest absolute Gasteiger partial charge is 0.255 e. The molecule has 0 spiro atoms. The van der Waals surface area contributed by atoms with Crippen molar-refractivity contribution in [1.82, 2.24) is 5.32 Å². The van der Waals surface area contributed by atoms with Crippen LogP contribution in [0.25, 0.3) is 0 Å². The van der Waals surface area contributed by atoms with Crippen LogP contribution in [0, 0.1) is 18.4 Å². The number of nitriles is 1. The molecule has 116 valence electrons. The monoisotopic (exact) mass is 324 g/mol. The van der Waals surface area contributed by atoms with Gasteiger partial charge in [0.25, 0.3) is 5.91 Å². The van der Waals surface area contributed by atoms with Crippen LogP contribution in [-0.4, -0.2) is 17.3 Å². The van der Waals surface area contributed by atoms with E-state index in [0.717, 1.165) is 11.3 Å². The predicted molar refractivity (Wildman–Crippen MR) is 94.9 cm³/mol. The van der Waals surface area contributed by atoms with E-state index in [4.69, 9.17) is 5.26 Å². The summed E-state index contributed by atoms with van der Waals surface area (Å²) in [5, 5.41) is 14.5. The number of benzene rings is 2. The van der Waals surface area contributed by atoms with Crippen LogP contribution in [0.3, 0.4) is 0 Å². The van der Waals surface area contributed by atoms with Gasteiger partial charge >= 0.3 is 0 Å². The van der Waals surface area contributed by atoms with Crippen LogP contribution in [0.2, 0.25) is 0 Å². The Labute approximate surface area is 139 Å². The van der Waals surface area contributed by atoms with Crippen LogP contribution in [0.1, 0.15) is 15.9 Å². The number of hydrogen-bond donors (Lipinski definition) is 2. The van der Waals surface area contributed by atoms with E-state index >= 15 is 0 Å². The molecule has 1 amide bonds. The van der Waals surface area contributed by atoms with Crippen molar-refractivity contribution >= 4 is 34.2 Å². The van der Waals surface area contributed by atoms with Crippen LogP contribution in [-0.2, 0) is 0 Å². The molecule has 0 unspecified atom stereocenters. The molecule has 6 heteroatoms. The number of aryl methyl sites for hydroxylation is 1. The Morgan fingerprint density at radius 3 is 2.70 bits per heavy atom. The lowest BCUT2D eigenvalue weighted by Crippen LogP contribution is -2.13. The minimum absolute atomic E-state index is 0.199. The molecule has 2 N–H and O–H groups in total. The van der Waals surface area contributed by atoms with Gasteiger partial charge in [-0.1, -0.05) is 36.0 Å². The van der Waals surface area contributed by atoms with Crippen molar-refractivity contribution in [3.05, 3.63) is 59.7 Å². The summed E-state index contributed by atoms with van der Waals surface area (Å²) in [5.74, 6) is -0.199. The number of carbonyl (C=O) groups excluding carboxylic acids is 1. The number of amidine groups is 1. The lowest BCUT2D eigenvalue weighted by molar-refractivity contribution is 0.102. The third-order valence-electron chi connectivity index (χ3n) is 3.09. The first kappa shape index (κ1) is 16.6. The molecular formula is C17H16N4OS. The van der Waals surface area contributed by atoms with Crippen LogP contribution in [0.4, 0.5) is 11.4 Å². The first-order chi connectivity index (χ1) is 11.1. The molecular weight excluding hydrogens is 308 g/mol. The molecule has 2 aromatic rings. The highest BCUT2D eigenvalue weighted by Gasteiger charge is 2.08. The molecule has 2 rings (SSSR count). The van der Waals surface area contributed by atoms with E-state index in [1.807, 2.05) is 43.6 Å². The summed E-state index contributed by atoms with van der Waals surface area (Å²) in [7, 11) is 0. The van der Waals surface area contributed by atoms with Gasteiger partial charge in [0.15, 0.2) is 11.4 Å². The van der Waals surface area contributed by atoms with Crippen molar-refractivity contribution < 1.29 is 4.79 Å². The van der Waals surface area contributed by atoms with E-state index in [0.29, 0.717) is 16.4 Å². The summed E-state index contributed by atoms with van der Waals surface area (Å²) in [6.07, 6.45) is 3.65. The normalized spacial score (nSPS) is 10.7. The van der Waals surface area contributed by atoms with Crippen LogP contribution in [0.5, 0.6) is 0 Å². The van der Waals surface area contributed by atoms with Crippen molar-refractivity contribution in [2.45, 2.75) is 6.92 Å². The minimum atomic E-state index is -0.199. The molecule has 0 bridgehead atoms. The number of hydrogen-bond acceptors (Lipinski definition) is 4. The average molecular weight is 324 g/mol. The zero-order valence-corrected chi connectivity index (χ0v) is 13.6. The van der Waals surface area contributed by atoms with Crippen molar-refractivity contribution in [1.29, 1.82) is 5.26 Å². The molecule has 0 fully saturated rings. The molecule has 0 saturated heterocycles. The SMILES string of the molecule is CSC(=Nc1cccc(C(=O)Nc2ccccc2C)c1)NC#N. The lowest BCUT2D eigenvalue weighted by Gasteiger charge is -2.08. The van der Waals surface area contributed by atoms with Gasteiger partial charge in [0.2, 0.25) is 0 Å². The summed E-state index contributed by atoms with van der Waals surface area (Å²) < 4.78 is 0. The number of aliphatic imine (C=N–C) groups is 1. The van der Waals surface area contributed by atoms with Gasteiger partial charge in [-0.05, 0) is 43.0 Å². The highest BCUT2D eigenvalue weighted by Crippen LogP contribution is 2.19. The summed E-state index contributed by atoms with van der Waals surface area (Å²) in [4.78, 5) is 16.7. The summed E-state index contributed by atoms with van der Waals surface area (Å²) >= 11 is 1.32. The predicted octanol–water partition coefficient (Wildman–Crippen LogP) is 3.67. The molecule has 0 aromatic heterocycles. The summed E-state index contributed by atoms with van der Waals surface area (Å²) in [6, 6.07) is 14.5. The van der Waals surface area contributed by atoms with Gasteiger partial charge in [0.05, 0.1) is 5.69 Å². The maximum absolute atomic E-state index is 12.4. The highest BCUT2D eigenvalue weighted by atomic mass is 32.2. The van der Waals surface area contributed by atoms with E-state index < -0.39 is 0 Å². The number of thioether (sulfide) groups is 1. The number of anilines is 1. The first-order valence-electron chi connectivity index (χ1n) is 6.89. The van der Waals surface area contributed by atoms with Gasteiger partial charge < -0.3 is 5.32 Å². The lowest BCUT2D eigenvalue weighted by atomic mass is 10.1. The Bertz CT molecular complexity index is 780. The fourth-order valence-electron chi connectivity index (χ4n) is 1.91. The molecule has 0 aliphatic heterocycles. The standard InChI is InChI=1S/C17H16N4OS/c1-12-6-3-4-9-15(12)21-16(22)13-7-5-8-14(10-13)20-17(23-2)19-11-18/h3-10H,1-2H3,(H,19,20)(H,21,22). The van der Waals surface area contributed by atoms with Crippen molar-refractivity contribution in [2.24, 2.45) is 4.99 Å². The molecule has 23 heavy (non-hydrogen) atoms. The third kappa shape index (κ3) is 4.59. The number of amides is 1. The van der Waals surface area contributed by atoms with Crippen molar-refractivity contribution in [3.63, 3.8) is 0 Å². The quantitative estimate of drug-likeness (QED) is 0.391. The second-order valence-corrected chi connectivity index (χ2v) is 5.47. The third-order valence-corrected chi connectivity index (χ3v) is 3.67. The van der Waals surface area contributed by atoms with E-state index in [1.54, 1.807) is 24.3 Å². The zero-order valence-electron chi connectivity index (χ0n) is 12.8. The Balaban J connectivity index is 2.21. The van der Waals surface area contributed by atoms with Gasteiger partial charge in [-0.15, -0.1) is 0 Å². The maximum Gasteiger partial charge on any atom is 0.255 e. The molecule has 0 radical (unpaired) electrons. The Kier molecular flexibility index (Phi) is 5.78. The Morgan fingerprint density at radius 1 is 1.22 bits per heavy atom. The van der Waals surface area contributed by atoms with Gasteiger partial charge in [-0.2, -0.15) is 5.26 Å². The van der Waals surface area contributed by atoms with E-state index in [9.17, 15) is 4.79 Å². The second-order valence-electron chi connectivity index (χ2n) is 4.68. The second kappa shape index (κ2) is 8.01. The fourth-order valence-corrected chi connectivity index (χ4v) is 2.26. The minimum Gasteiger partial charge on any atom is -0.322 e. The van der Waals surface area contributed by atoms with Crippen LogP contribution < -0.4 is 10.6 Å². The topological polar surface area (TPSA) is 77.3 Å². The molecule has 0 heterocycles. The number of rotatable bonds is 3. The molecule has 0 saturated carbocycles. The first-order valence-corrected chi connectivity index (χ1v) is 8.11. The largest absolute Gasteiger partial charge is 0.322 e. The molecule has 2 aromatic carbocycles. The number of nitrogens with one attached hydrogen (secondary N) is 2. The van der Waals surface area contributed by atoms with Gasteiger partial charge in [0.1, 0.15) is 0 Å². The van der Waals surface area contributed by atoms with Crippen LogP contribution >= 0.6 is 11.8 Å². The average Bonchev–Trinajstić information content (AvgIpc) is 2.56. The summed E-state index contributed by atoms with van der Waals surface area (Å²) in [5.41, 5.74) is 2.89. The molecule has 0 aliphatic rings. The van der Waals surface area contributed by atoms with E-state index in [-0.39, 0.29) is 5.91 Å². The van der Waals surface area contributed by atoms with Gasteiger partial charge in [0, 0.05) is 11.3 Å². The highest BCUT2D eigenvalue weighted by molar-refractivity contribution is 8.13. The number of nitrogens with zero attached hydrogens (tertiary/aromatic N) is 2. The van der Waals surface area contributed by atoms with Gasteiger partial charge in [-0.3, -0.25) is 10.1 Å². The fraction of sp³-hybridized carbons (Fsp3) is 0.118. The number of para-hydroxylation sites is 1. The maximum atomic E-state index is 12.4. The van der Waals surface area contributed by atoms with E-state index in [1.165, 1.54) is 11.8 Å². The Morgan fingerprint density at radius 2 is 2.00 bits per heavy atom. The van der Waals surface area contributed by atoms with Gasteiger partial charge in [-0.25, -0.2) is 4.99 Å². The molecule has 5 nitrogen and oxygen atoms in total. The van der Waals surface area contributed by atoms with Crippen molar-refractivity contribution in [3.8, 4) is 6.19 Å². The van der Waals surface area contributed by atoms with Crippen LogP contribution in [0.15, 0.2) is 53.5 Å². The van der Waals surface area contributed by atoms with Crippen molar-refractivity contribution in [2.75, 3.05) is 11.6 Å². The number of carbonyl (C=O) groups is 1. The van der Waals surface area contributed by atoms with E-state index in [2.05, 4.69) is 15.6 Å².